The van der Waals surface area contributed by atoms with E-state index in [1.807, 2.05) is 37.4 Å². The molecule has 1 N–H and O–H groups in total. The van der Waals surface area contributed by atoms with Gasteiger partial charge in [0.25, 0.3) is 0 Å². The first kappa shape index (κ1) is 11.4. The Morgan fingerprint density at radius 3 is 2.65 bits per heavy atom. The Morgan fingerprint density at radius 1 is 1.29 bits per heavy atom. The molecule has 0 unspecified atom stereocenters. The van der Waals surface area contributed by atoms with Crippen LogP contribution in [0.4, 0.5) is 0 Å². The van der Waals surface area contributed by atoms with Crippen LogP contribution in [-0.2, 0) is 6.54 Å². The summed E-state index contributed by atoms with van der Waals surface area (Å²) in [7, 11) is 0. The summed E-state index contributed by atoms with van der Waals surface area (Å²) in [5, 5.41) is 8.60. The van der Waals surface area contributed by atoms with Crippen molar-refractivity contribution < 1.29 is 5.11 Å². The van der Waals surface area contributed by atoms with Crippen molar-refractivity contribution in [2.45, 2.75) is 13.5 Å². The number of aliphatic hydroxyl groups excluding tert-OH is 1. The van der Waals surface area contributed by atoms with Crippen LogP contribution in [0.3, 0.4) is 0 Å². The molecule has 2 aromatic rings. The van der Waals surface area contributed by atoms with Gasteiger partial charge in [-0.2, -0.15) is 0 Å². The molecule has 3 nitrogen and oxygen atoms in total. The van der Waals surface area contributed by atoms with E-state index >= 15 is 0 Å². The molecule has 0 saturated heterocycles. The first-order chi connectivity index (χ1) is 8.29. The van der Waals surface area contributed by atoms with E-state index in [9.17, 15) is 0 Å². The smallest absolute Gasteiger partial charge is 0.105 e. The van der Waals surface area contributed by atoms with Crippen LogP contribution >= 0.6 is 0 Å². The van der Waals surface area contributed by atoms with E-state index in [2.05, 4.69) is 21.4 Å². The SMILES string of the molecule is Cc1nccn1Cc1ccc(C#CCO)cc1. The van der Waals surface area contributed by atoms with E-state index < -0.39 is 0 Å². The van der Waals surface area contributed by atoms with Gasteiger partial charge in [-0.3, -0.25) is 0 Å². The van der Waals surface area contributed by atoms with Crippen molar-refractivity contribution >= 4 is 0 Å². The van der Waals surface area contributed by atoms with Crippen LogP contribution in [0, 0.1) is 18.8 Å². The molecule has 1 heterocycles. The third-order valence-corrected chi connectivity index (χ3v) is 2.54. The van der Waals surface area contributed by atoms with E-state index in [1.54, 1.807) is 6.20 Å². The van der Waals surface area contributed by atoms with Gasteiger partial charge in [0.15, 0.2) is 0 Å². The largest absolute Gasteiger partial charge is 0.384 e. The molecule has 1 aromatic heterocycles. The van der Waals surface area contributed by atoms with Crippen molar-refractivity contribution in [2.24, 2.45) is 0 Å². The van der Waals surface area contributed by atoms with Crippen molar-refractivity contribution in [3.05, 3.63) is 53.6 Å². The molecule has 2 rings (SSSR count). The highest BCUT2D eigenvalue weighted by atomic mass is 16.2. The minimum atomic E-state index is -0.101. The van der Waals surface area contributed by atoms with Crippen LogP contribution in [0.15, 0.2) is 36.7 Å². The minimum absolute atomic E-state index is 0.101. The van der Waals surface area contributed by atoms with E-state index in [-0.39, 0.29) is 6.61 Å². The second kappa shape index (κ2) is 5.33. The Kier molecular flexibility index (Phi) is 3.59. The summed E-state index contributed by atoms with van der Waals surface area (Å²) in [5.74, 6) is 6.51. The highest BCUT2D eigenvalue weighted by molar-refractivity contribution is 5.36. The molecule has 1 aromatic carbocycles. The molecule has 0 fully saturated rings. The van der Waals surface area contributed by atoms with Crippen molar-refractivity contribution in [1.82, 2.24) is 9.55 Å². The van der Waals surface area contributed by atoms with Crippen molar-refractivity contribution in [3.63, 3.8) is 0 Å². The second-order valence-corrected chi connectivity index (χ2v) is 3.76. The minimum Gasteiger partial charge on any atom is -0.384 e. The monoisotopic (exact) mass is 226 g/mol. The third-order valence-electron chi connectivity index (χ3n) is 2.54. The molecule has 0 spiro atoms. The Morgan fingerprint density at radius 2 is 2.06 bits per heavy atom. The molecule has 0 aliphatic rings. The van der Waals surface area contributed by atoms with Crippen molar-refractivity contribution in [2.75, 3.05) is 6.61 Å². The van der Waals surface area contributed by atoms with E-state index in [1.165, 1.54) is 5.56 Å². The number of aromatic nitrogens is 2. The topological polar surface area (TPSA) is 38.0 Å². The summed E-state index contributed by atoms with van der Waals surface area (Å²) >= 11 is 0. The molecule has 0 radical (unpaired) electrons. The number of imidazole rings is 1. The molecule has 17 heavy (non-hydrogen) atoms. The van der Waals surface area contributed by atoms with Gasteiger partial charge in [-0.05, 0) is 24.6 Å². The highest BCUT2D eigenvalue weighted by Gasteiger charge is 1.98. The first-order valence-corrected chi connectivity index (χ1v) is 5.46. The van der Waals surface area contributed by atoms with Gasteiger partial charge in [-0.15, -0.1) is 0 Å². The summed E-state index contributed by atoms with van der Waals surface area (Å²) in [6.45, 7) is 2.70. The van der Waals surface area contributed by atoms with E-state index in [0.717, 1.165) is 17.9 Å². The number of hydrogen-bond acceptors (Lipinski definition) is 2. The molecule has 86 valence electrons. The van der Waals surface area contributed by atoms with Gasteiger partial charge in [0.05, 0.1) is 0 Å². The fourth-order valence-corrected chi connectivity index (χ4v) is 1.60. The van der Waals surface area contributed by atoms with E-state index in [0.29, 0.717) is 0 Å². The van der Waals surface area contributed by atoms with Crippen LogP contribution in [-0.4, -0.2) is 21.3 Å². The zero-order chi connectivity index (χ0) is 12.1. The van der Waals surface area contributed by atoms with Crippen LogP contribution < -0.4 is 0 Å². The standard InChI is InChI=1S/C14H14N2O/c1-12-15-8-9-16(12)11-14-6-4-13(5-7-14)3-2-10-17/h4-9,17H,10-11H2,1H3. The van der Waals surface area contributed by atoms with Gasteiger partial charge < -0.3 is 9.67 Å². The third kappa shape index (κ3) is 2.96. The van der Waals surface area contributed by atoms with Gasteiger partial charge in [-0.25, -0.2) is 4.98 Å². The number of aryl methyl sites for hydroxylation is 1. The molecule has 0 saturated carbocycles. The van der Waals surface area contributed by atoms with Crippen LogP contribution in [0.1, 0.15) is 17.0 Å². The highest BCUT2D eigenvalue weighted by Crippen LogP contribution is 2.07. The molecule has 0 aliphatic carbocycles. The van der Waals surface area contributed by atoms with Crippen molar-refractivity contribution in [3.8, 4) is 11.8 Å². The molecule has 3 heteroatoms. The fourth-order valence-electron chi connectivity index (χ4n) is 1.60. The zero-order valence-corrected chi connectivity index (χ0v) is 9.72. The van der Waals surface area contributed by atoms with Crippen molar-refractivity contribution in [1.29, 1.82) is 0 Å². The first-order valence-electron chi connectivity index (χ1n) is 5.46. The second-order valence-electron chi connectivity index (χ2n) is 3.76. The summed E-state index contributed by atoms with van der Waals surface area (Å²) < 4.78 is 2.09. The summed E-state index contributed by atoms with van der Waals surface area (Å²) in [5.41, 5.74) is 2.13. The normalized spacial score (nSPS) is 9.76. The Balaban J connectivity index is 2.11. The van der Waals surface area contributed by atoms with Crippen LogP contribution in [0.5, 0.6) is 0 Å². The van der Waals surface area contributed by atoms with Gasteiger partial charge in [-0.1, -0.05) is 24.0 Å². The maximum absolute atomic E-state index is 8.60. The van der Waals surface area contributed by atoms with Gasteiger partial charge >= 0.3 is 0 Å². The predicted octanol–water partition coefficient (Wildman–Crippen LogP) is 1.58. The lowest BCUT2D eigenvalue weighted by atomic mass is 10.1. The lowest BCUT2D eigenvalue weighted by Gasteiger charge is -2.04. The van der Waals surface area contributed by atoms with Gasteiger partial charge in [0.2, 0.25) is 0 Å². The number of rotatable bonds is 2. The number of nitrogens with zero attached hydrogens (tertiary/aromatic N) is 2. The maximum atomic E-state index is 8.60. The average Bonchev–Trinajstić information content (AvgIpc) is 2.74. The molecule has 0 amide bonds. The lowest BCUT2D eigenvalue weighted by Crippen LogP contribution is -2.00. The summed E-state index contributed by atoms with van der Waals surface area (Å²) in [6.07, 6.45) is 3.77. The Hall–Kier alpha value is -2.05. The maximum Gasteiger partial charge on any atom is 0.105 e. The summed E-state index contributed by atoms with van der Waals surface area (Å²) in [4.78, 5) is 4.18. The fraction of sp³-hybridized carbons (Fsp3) is 0.214. The number of aliphatic hydroxyl groups is 1. The lowest BCUT2D eigenvalue weighted by molar-refractivity contribution is 0.350. The zero-order valence-electron chi connectivity index (χ0n) is 9.72. The molecule has 0 aliphatic heterocycles. The Bertz CT molecular complexity index is 544. The summed E-state index contributed by atoms with van der Waals surface area (Å²) in [6, 6.07) is 8.01. The number of benzene rings is 1. The average molecular weight is 226 g/mol. The molecular weight excluding hydrogens is 212 g/mol. The quantitative estimate of drug-likeness (QED) is 0.790. The van der Waals surface area contributed by atoms with E-state index in [4.69, 9.17) is 5.11 Å². The number of hydrogen-bond donors (Lipinski definition) is 1. The Labute approximate surface area is 101 Å². The van der Waals surface area contributed by atoms with Gasteiger partial charge in [0, 0.05) is 24.5 Å². The molecule has 0 bridgehead atoms. The predicted molar refractivity (Wildman–Crippen MR) is 66.5 cm³/mol. The molecule has 0 atom stereocenters. The van der Waals surface area contributed by atoms with Gasteiger partial charge in [0.1, 0.15) is 12.4 Å². The van der Waals surface area contributed by atoms with Crippen LogP contribution in [0.25, 0.3) is 0 Å². The molecular formula is C14H14N2O. The van der Waals surface area contributed by atoms with Crippen LogP contribution in [0.2, 0.25) is 0 Å².